The molecule has 1 aliphatic rings. The largest absolute Gasteiger partial charge is 0.218 e. The molecule has 3 heteroatoms. The van der Waals surface area contributed by atoms with Crippen LogP contribution in [-0.4, -0.2) is 8.42 Å². The van der Waals surface area contributed by atoms with Crippen LogP contribution in [-0.2, 0) is 9.84 Å². The van der Waals surface area contributed by atoms with Gasteiger partial charge in [0.05, 0.1) is 9.81 Å². The van der Waals surface area contributed by atoms with Gasteiger partial charge in [-0.15, -0.1) is 0 Å². The number of rotatable bonds is 6. The molecule has 2 nitrogen and oxygen atoms in total. The first-order chi connectivity index (χ1) is 9.83. The molecule has 1 aliphatic heterocycles. The van der Waals surface area contributed by atoms with E-state index in [9.17, 15) is 8.42 Å². The van der Waals surface area contributed by atoms with Crippen LogP contribution in [0.25, 0.3) is 0 Å². The molecule has 0 fully saturated rings. The van der Waals surface area contributed by atoms with Gasteiger partial charge in [-0.3, -0.25) is 0 Å². The van der Waals surface area contributed by atoms with Gasteiger partial charge in [0, 0.05) is 11.1 Å². The second-order valence-electron chi connectivity index (χ2n) is 4.65. The molecule has 0 saturated heterocycles. The van der Waals surface area contributed by atoms with Crippen molar-refractivity contribution in [1.29, 1.82) is 0 Å². The molecule has 1 rings (SSSR count). The van der Waals surface area contributed by atoms with Gasteiger partial charge >= 0.3 is 0 Å². The molecule has 0 saturated carbocycles. The average Bonchev–Trinajstić information content (AvgIpc) is 2.64. The van der Waals surface area contributed by atoms with Crippen LogP contribution in [0, 0.1) is 0 Å². The van der Waals surface area contributed by atoms with Crippen molar-refractivity contribution in [1.82, 2.24) is 0 Å². The fourth-order valence-electron chi connectivity index (χ4n) is 1.98. The van der Waals surface area contributed by atoms with E-state index in [0.717, 1.165) is 11.1 Å². The smallest absolute Gasteiger partial charge is 0.207 e. The van der Waals surface area contributed by atoms with Crippen molar-refractivity contribution in [2.75, 3.05) is 0 Å². The summed E-state index contributed by atoms with van der Waals surface area (Å²) in [6, 6.07) is 0. The molecule has 1 heterocycles. The van der Waals surface area contributed by atoms with Crippen LogP contribution in [0.15, 0.2) is 94.9 Å². The molecule has 21 heavy (non-hydrogen) atoms. The van der Waals surface area contributed by atoms with Gasteiger partial charge in [-0.2, -0.15) is 0 Å². The fourth-order valence-corrected chi connectivity index (χ4v) is 3.58. The van der Waals surface area contributed by atoms with Crippen molar-refractivity contribution in [3.05, 3.63) is 94.9 Å². The summed E-state index contributed by atoms with van der Waals surface area (Å²) in [5.74, 6) is 0. The van der Waals surface area contributed by atoms with E-state index in [4.69, 9.17) is 0 Å². The number of hydrogen-bond donors (Lipinski definition) is 0. The zero-order valence-electron chi connectivity index (χ0n) is 12.5. The first-order valence-corrected chi connectivity index (χ1v) is 7.92. The average molecular weight is 300 g/mol. The molecule has 0 aliphatic carbocycles. The normalized spacial score (nSPS) is 18.8. The van der Waals surface area contributed by atoms with Crippen LogP contribution >= 0.6 is 0 Å². The van der Waals surface area contributed by atoms with E-state index in [2.05, 4.69) is 26.3 Å². The van der Waals surface area contributed by atoms with E-state index in [1.807, 2.05) is 13.8 Å². The summed E-state index contributed by atoms with van der Waals surface area (Å²) >= 11 is 0. The second-order valence-corrected chi connectivity index (χ2v) is 6.54. The van der Waals surface area contributed by atoms with E-state index in [1.165, 1.54) is 12.2 Å². The minimum Gasteiger partial charge on any atom is -0.218 e. The van der Waals surface area contributed by atoms with Gasteiger partial charge < -0.3 is 0 Å². The Morgan fingerprint density at radius 1 is 0.810 bits per heavy atom. The van der Waals surface area contributed by atoms with Crippen LogP contribution in [0.3, 0.4) is 0 Å². The molecule has 0 amide bonds. The van der Waals surface area contributed by atoms with Crippen molar-refractivity contribution >= 4 is 9.84 Å². The minimum atomic E-state index is -3.57. The highest BCUT2D eigenvalue weighted by Gasteiger charge is 2.33. The van der Waals surface area contributed by atoms with Crippen molar-refractivity contribution in [2.24, 2.45) is 0 Å². The zero-order valence-corrected chi connectivity index (χ0v) is 13.3. The molecule has 0 aromatic rings. The highest BCUT2D eigenvalue weighted by molar-refractivity contribution is 7.99. The summed E-state index contributed by atoms with van der Waals surface area (Å²) in [5, 5.41) is 0. The van der Waals surface area contributed by atoms with E-state index >= 15 is 0 Å². The zero-order chi connectivity index (χ0) is 16.2. The van der Waals surface area contributed by atoms with Crippen molar-refractivity contribution < 1.29 is 8.42 Å². The third-order valence-corrected chi connectivity index (χ3v) is 5.09. The van der Waals surface area contributed by atoms with Gasteiger partial charge in [-0.05, 0) is 26.0 Å². The molecule has 0 bridgehead atoms. The lowest BCUT2D eigenvalue weighted by Gasteiger charge is -2.03. The topological polar surface area (TPSA) is 34.1 Å². The Hall–Kier alpha value is -2.13. The number of hydrogen-bond acceptors (Lipinski definition) is 2. The fraction of sp³-hybridized carbons (Fsp3) is 0.111. The molecular weight excluding hydrogens is 280 g/mol. The number of allylic oxidation sites excluding steroid dienone is 10. The minimum absolute atomic E-state index is 0.196. The summed E-state index contributed by atoms with van der Waals surface area (Å²) in [5.41, 5.74) is 2.95. The maximum Gasteiger partial charge on any atom is 0.207 e. The third kappa shape index (κ3) is 3.14. The van der Waals surface area contributed by atoms with Gasteiger partial charge in [0.1, 0.15) is 0 Å². The molecule has 0 unspecified atom stereocenters. The van der Waals surface area contributed by atoms with Gasteiger partial charge in [-0.1, -0.05) is 61.8 Å². The van der Waals surface area contributed by atoms with Crippen LogP contribution in [0.5, 0.6) is 0 Å². The molecule has 0 radical (unpaired) electrons. The van der Waals surface area contributed by atoms with E-state index in [0.29, 0.717) is 11.1 Å². The lowest BCUT2D eigenvalue weighted by atomic mass is 10.00. The summed E-state index contributed by atoms with van der Waals surface area (Å²) < 4.78 is 25.1. The lowest BCUT2D eigenvalue weighted by Crippen LogP contribution is -2.00. The Bertz CT molecular complexity index is 678. The Balaban J connectivity index is 3.84. The first kappa shape index (κ1) is 16.9. The predicted octanol–water partition coefficient (Wildman–Crippen LogP) is 4.56. The van der Waals surface area contributed by atoms with Crippen molar-refractivity contribution in [3.63, 3.8) is 0 Å². The van der Waals surface area contributed by atoms with Gasteiger partial charge in [0.15, 0.2) is 0 Å². The van der Waals surface area contributed by atoms with E-state index in [-0.39, 0.29) is 9.81 Å². The maximum absolute atomic E-state index is 12.5. The van der Waals surface area contributed by atoms with Crippen LogP contribution in [0.2, 0.25) is 0 Å². The van der Waals surface area contributed by atoms with E-state index < -0.39 is 9.84 Å². The Labute approximate surface area is 127 Å². The molecule has 0 spiro atoms. The molecule has 110 valence electrons. The van der Waals surface area contributed by atoms with Crippen LogP contribution in [0.1, 0.15) is 13.8 Å². The van der Waals surface area contributed by atoms with Crippen molar-refractivity contribution in [3.8, 4) is 0 Å². The monoisotopic (exact) mass is 300 g/mol. The van der Waals surface area contributed by atoms with Gasteiger partial charge in [-0.25, -0.2) is 8.42 Å². The number of sulfone groups is 1. The maximum atomic E-state index is 12.5. The Morgan fingerprint density at radius 3 is 1.38 bits per heavy atom. The third-order valence-electron chi connectivity index (χ3n) is 3.16. The van der Waals surface area contributed by atoms with Gasteiger partial charge in [0.2, 0.25) is 9.84 Å². The summed E-state index contributed by atoms with van der Waals surface area (Å²) in [6.45, 7) is 18.4. The molecule has 0 aromatic heterocycles. The quantitative estimate of drug-likeness (QED) is 0.674. The predicted molar refractivity (Wildman–Crippen MR) is 91.3 cm³/mol. The van der Waals surface area contributed by atoms with Crippen LogP contribution < -0.4 is 0 Å². The summed E-state index contributed by atoms with van der Waals surface area (Å²) in [6.07, 6.45) is 9.67. The summed E-state index contributed by atoms with van der Waals surface area (Å²) in [4.78, 5) is 0.392. The highest BCUT2D eigenvalue weighted by atomic mass is 32.2. The summed E-state index contributed by atoms with van der Waals surface area (Å²) in [7, 11) is -3.57. The molecular formula is C18H20O2S. The highest BCUT2D eigenvalue weighted by Crippen LogP contribution is 2.39. The van der Waals surface area contributed by atoms with Crippen LogP contribution in [0.4, 0.5) is 0 Å². The van der Waals surface area contributed by atoms with E-state index in [1.54, 1.807) is 24.3 Å². The van der Waals surface area contributed by atoms with Gasteiger partial charge in [0.25, 0.3) is 0 Å². The molecule has 0 aromatic carbocycles. The SMILES string of the molecule is C=CC1=C(/C=C(/C)C=C)C(/C=C(/C)C=C)=C(C=C)S1(=O)=O. The second kappa shape index (κ2) is 6.55. The Morgan fingerprint density at radius 2 is 1.14 bits per heavy atom. The lowest BCUT2D eigenvalue weighted by molar-refractivity contribution is 0.610. The Kier molecular flexibility index (Phi) is 5.28. The van der Waals surface area contributed by atoms with Crippen molar-refractivity contribution in [2.45, 2.75) is 13.8 Å². The first-order valence-electron chi connectivity index (χ1n) is 6.43. The standard InChI is InChI=1S/C18H20O2S/c1-7-13(5)11-15-16(12-14(6)8-2)18(10-4)21(19,20)17(15)9-3/h7-12H,1-4H2,5-6H3/b13-11-,14-12-. The molecule has 0 atom stereocenters. The molecule has 0 N–H and O–H groups in total.